The molecule has 4 heteroatoms. The standard InChI is InChI=1S/C17H17N3S/c1-13-3-4-16(11-14(13)2)20-10-9-19-17(20)21-12-15-5-7-18-8-6-15/h3-11H,12H2,1-2H3. The van der Waals surface area contributed by atoms with Crippen LogP contribution in [-0.2, 0) is 5.75 Å². The summed E-state index contributed by atoms with van der Waals surface area (Å²) in [6.07, 6.45) is 7.51. The first-order chi connectivity index (χ1) is 10.2. The minimum absolute atomic E-state index is 0.893. The van der Waals surface area contributed by atoms with Crippen molar-refractivity contribution >= 4 is 11.8 Å². The van der Waals surface area contributed by atoms with Crippen LogP contribution in [0.15, 0.2) is 60.3 Å². The van der Waals surface area contributed by atoms with Gasteiger partial charge in [0.15, 0.2) is 5.16 Å². The lowest BCUT2D eigenvalue weighted by atomic mass is 10.1. The van der Waals surface area contributed by atoms with E-state index >= 15 is 0 Å². The largest absolute Gasteiger partial charge is 0.295 e. The highest BCUT2D eigenvalue weighted by Gasteiger charge is 2.07. The first-order valence-corrected chi connectivity index (χ1v) is 7.85. The maximum atomic E-state index is 4.47. The fraction of sp³-hybridized carbons (Fsp3) is 0.176. The second-order valence-electron chi connectivity index (χ2n) is 4.99. The van der Waals surface area contributed by atoms with Gasteiger partial charge in [-0.25, -0.2) is 4.98 Å². The molecule has 106 valence electrons. The van der Waals surface area contributed by atoms with Crippen LogP contribution in [0.3, 0.4) is 0 Å². The van der Waals surface area contributed by atoms with Gasteiger partial charge in [-0.05, 0) is 54.8 Å². The van der Waals surface area contributed by atoms with Crippen LogP contribution in [0, 0.1) is 13.8 Å². The molecule has 2 heterocycles. The van der Waals surface area contributed by atoms with Crippen LogP contribution in [0.5, 0.6) is 0 Å². The average molecular weight is 295 g/mol. The number of pyridine rings is 1. The Morgan fingerprint density at radius 1 is 1.00 bits per heavy atom. The van der Waals surface area contributed by atoms with Crippen LogP contribution >= 0.6 is 11.8 Å². The van der Waals surface area contributed by atoms with E-state index in [4.69, 9.17) is 0 Å². The number of aromatic nitrogens is 3. The molecule has 3 rings (SSSR count). The maximum Gasteiger partial charge on any atom is 0.172 e. The van der Waals surface area contributed by atoms with Crippen molar-refractivity contribution in [3.05, 3.63) is 71.8 Å². The molecular weight excluding hydrogens is 278 g/mol. The van der Waals surface area contributed by atoms with Crippen molar-refractivity contribution in [2.75, 3.05) is 0 Å². The monoisotopic (exact) mass is 295 g/mol. The maximum absolute atomic E-state index is 4.47. The van der Waals surface area contributed by atoms with Gasteiger partial charge in [0, 0.05) is 36.2 Å². The van der Waals surface area contributed by atoms with Crippen molar-refractivity contribution < 1.29 is 0 Å². The summed E-state index contributed by atoms with van der Waals surface area (Å²) < 4.78 is 2.14. The van der Waals surface area contributed by atoms with Crippen LogP contribution in [0.2, 0.25) is 0 Å². The Kier molecular flexibility index (Phi) is 4.06. The van der Waals surface area contributed by atoms with Crippen LogP contribution < -0.4 is 0 Å². The summed E-state index contributed by atoms with van der Waals surface area (Å²) >= 11 is 1.74. The Morgan fingerprint density at radius 3 is 2.57 bits per heavy atom. The van der Waals surface area contributed by atoms with E-state index in [0.717, 1.165) is 16.6 Å². The summed E-state index contributed by atoms with van der Waals surface area (Å²) in [5, 5.41) is 1.01. The van der Waals surface area contributed by atoms with E-state index in [2.05, 4.69) is 46.6 Å². The summed E-state index contributed by atoms with van der Waals surface area (Å²) in [7, 11) is 0. The van der Waals surface area contributed by atoms with Crippen LogP contribution in [0.4, 0.5) is 0 Å². The highest BCUT2D eigenvalue weighted by atomic mass is 32.2. The average Bonchev–Trinajstić information content (AvgIpc) is 2.97. The Labute approximate surface area is 129 Å². The zero-order valence-corrected chi connectivity index (χ0v) is 13.0. The van der Waals surface area contributed by atoms with Gasteiger partial charge in [-0.1, -0.05) is 17.8 Å². The van der Waals surface area contributed by atoms with E-state index < -0.39 is 0 Å². The Balaban J connectivity index is 1.82. The number of aryl methyl sites for hydroxylation is 2. The molecule has 3 aromatic rings. The Bertz CT molecular complexity index is 735. The smallest absolute Gasteiger partial charge is 0.172 e. The lowest BCUT2D eigenvalue weighted by Crippen LogP contribution is -1.96. The third kappa shape index (κ3) is 3.16. The first-order valence-electron chi connectivity index (χ1n) is 6.87. The number of benzene rings is 1. The van der Waals surface area contributed by atoms with E-state index in [1.807, 2.05) is 36.9 Å². The van der Waals surface area contributed by atoms with Crippen molar-refractivity contribution in [3.8, 4) is 5.69 Å². The molecule has 0 N–H and O–H groups in total. The third-order valence-electron chi connectivity index (χ3n) is 3.49. The highest BCUT2D eigenvalue weighted by Crippen LogP contribution is 2.24. The second kappa shape index (κ2) is 6.14. The highest BCUT2D eigenvalue weighted by molar-refractivity contribution is 7.98. The fourth-order valence-electron chi connectivity index (χ4n) is 2.10. The molecule has 2 aromatic heterocycles. The van der Waals surface area contributed by atoms with Gasteiger partial charge in [-0.2, -0.15) is 0 Å². The zero-order valence-electron chi connectivity index (χ0n) is 12.2. The van der Waals surface area contributed by atoms with Gasteiger partial charge >= 0.3 is 0 Å². The van der Waals surface area contributed by atoms with Crippen molar-refractivity contribution in [2.45, 2.75) is 24.8 Å². The van der Waals surface area contributed by atoms with Gasteiger partial charge in [0.05, 0.1) is 0 Å². The SMILES string of the molecule is Cc1ccc(-n2ccnc2SCc2ccncc2)cc1C. The van der Waals surface area contributed by atoms with Gasteiger partial charge in [0.25, 0.3) is 0 Å². The summed E-state index contributed by atoms with van der Waals surface area (Å²) in [5.41, 5.74) is 5.02. The van der Waals surface area contributed by atoms with E-state index in [1.165, 1.54) is 16.7 Å². The molecule has 0 aliphatic heterocycles. The van der Waals surface area contributed by atoms with Gasteiger partial charge in [0.1, 0.15) is 0 Å². The minimum Gasteiger partial charge on any atom is -0.295 e. The number of thioether (sulfide) groups is 1. The Hall–Kier alpha value is -2.07. The lowest BCUT2D eigenvalue weighted by molar-refractivity contribution is 0.893. The lowest BCUT2D eigenvalue weighted by Gasteiger charge is -2.09. The number of rotatable bonds is 4. The van der Waals surface area contributed by atoms with Crippen molar-refractivity contribution in [3.63, 3.8) is 0 Å². The molecule has 0 saturated carbocycles. The molecule has 21 heavy (non-hydrogen) atoms. The van der Waals surface area contributed by atoms with Gasteiger partial charge in [-0.15, -0.1) is 0 Å². The first kappa shape index (κ1) is 13.9. The molecule has 0 radical (unpaired) electrons. The summed E-state index contributed by atoms with van der Waals surface area (Å²) in [6.45, 7) is 4.27. The Morgan fingerprint density at radius 2 is 1.81 bits per heavy atom. The minimum atomic E-state index is 0.893. The van der Waals surface area contributed by atoms with Crippen LogP contribution in [-0.4, -0.2) is 14.5 Å². The number of imidazole rings is 1. The summed E-state index contributed by atoms with van der Waals surface area (Å²) in [5.74, 6) is 0.893. The van der Waals surface area contributed by atoms with Crippen LogP contribution in [0.1, 0.15) is 16.7 Å². The predicted molar refractivity (Wildman–Crippen MR) is 86.8 cm³/mol. The molecule has 0 bridgehead atoms. The number of hydrogen-bond acceptors (Lipinski definition) is 3. The van der Waals surface area contributed by atoms with E-state index in [1.54, 1.807) is 11.8 Å². The predicted octanol–water partition coefficient (Wildman–Crippen LogP) is 4.18. The fourth-order valence-corrected chi connectivity index (χ4v) is 3.02. The quantitative estimate of drug-likeness (QED) is 0.677. The molecule has 0 aliphatic rings. The molecule has 0 saturated heterocycles. The number of hydrogen-bond donors (Lipinski definition) is 0. The van der Waals surface area contributed by atoms with Crippen molar-refractivity contribution in [1.82, 2.24) is 14.5 Å². The number of nitrogens with zero attached hydrogens (tertiary/aromatic N) is 3. The summed E-state index contributed by atoms with van der Waals surface area (Å²) in [4.78, 5) is 8.51. The molecule has 0 aliphatic carbocycles. The van der Waals surface area contributed by atoms with E-state index in [-0.39, 0.29) is 0 Å². The molecule has 1 aromatic carbocycles. The summed E-state index contributed by atoms with van der Waals surface area (Å²) in [6, 6.07) is 10.6. The molecule has 3 nitrogen and oxygen atoms in total. The molecule has 0 amide bonds. The third-order valence-corrected chi connectivity index (χ3v) is 4.53. The molecule has 0 unspecified atom stereocenters. The van der Waals surface area contributed by atoms with Crippen molar-refractivity contribution in [2.24, 2.45) is 0 Å². The second-order valence-corrected chi connectivity index (χ2v) is 5.94. The van der Waals surface area contributed by atoms with E-state index in [0.29, 0.717) is 0 Å². The molecular formula is C17H17N3S. The molecule has 0 spiro atoms. The topological polar surface area (TPSA) is 30.7 Å². The van der Waals surface area contributed by atoms with Crippen molar-refractivity contribution in [1.29, 1.82) is 0 Å². The van der Waals surface area contributed by atoms with Gasteiger partial charge in [0.2, 0.25) is 0 Å². The normalized spacial score (nSPS) is 10.8. The van der Waals surface area contributed by atoms with E-state index in [9.17, 15) is 0 Å². The van der Waals surface area contributed by atoms with Gasteiger partial charge in [-0.3, -0.25) is 9.55 Å². The molecule has 0 atom stereocenters. The molecule has 0 fully saturated rings. The van der Waals surface area contributed by atoms with Gasteiger partial charge < -0.3 is 0 Å². The zero-order chi connectivity index (χ0) is 14.7. The van der Waals surface area contributed by atoms with Crippen LogP contribution in [0.25, 0.3) is 5.69 Å².